The fraction of sp³-hybridized carbons (Fsp3) is 0.636. The maximum atomic E-state index is 12.3. The molecule has 0 saturated carbocycles. The summed E-state index contributed by atoms with van der Waals surface area (Å²) in [5.74, 6) is 0.405. The van der Waals surface area contributed by atoms with Crippen molar-refractivity contribution in [1.29, 1.82) is 0 Å². The van der Waals surface area contributed by atoms with Crippen LogP contribution in [0.3, 0.4) is 0 Å². The van der Waals surface area contributed by atoms with Crippen LogP contribution in [0.15, 0.2) is 9.95 Å². The van der Waals surface area contributed by atoms with Gasteiger partial charge in [0, 0.05) is 7.05 Å². The second-order valence-electron chi connectivity index (χ2n) is 4.81. The maximum Gasteiger partial charge on any atom is 0.279 e. The zero-order chi connectivity index (χ0) is 14.4. The Bertz CT molecular complexity index is 593. The molecule has 8 nitrogen and oxygen atoms in total. The number of nitrogens with zero attached hydrogens (tertiary/aromatic N) is 2. The molecule has 3 heterocycles. The Kier molecular flexibility index (Phi) is 3.36. The van der Waals surface area contributed by atoms with E-state index in [4.69, 9.17) is 4.74 Å². The number of fused-ring (bicyclic) bond motifs is 2. The van der Waals surface area contributed by atoms with Gasteiger partial charge in [-0.1, -0.05) is 11.8 Å². The van der Waals surface area contributed by atoms with E-state index in [1.165, 1.54) is 16.3 Å². The predicted molar refractivity (Wildman–Crippen MR) is 74.0 cm³/mol. The second-order valence-corrected chi connectivity index (χ2v) is 5.59. The van der Waals surface area contributed by atoms with Crippen molar-refractivity contribution in [2.75, 3.05) is 23.5 Å². The van der Waals surface area contributed by atoms with Gasteiger partial charge in [-0.25, -0.2) is 4.98 Å². The summed E-state index contributed by atoms with van der Waals surface area (Å²) in [6.07, 6.45) is -0.686. The fourth-order valence-corrected chi connectivity index (χ4v) is 2.96. The second kappa shape index (κ2) is 4.92. The normalized spacial score (nSPS) is 31.8. The lowest BCUT2D eigenvalue weighted by atomic mass is 9.99. The standard InChI is InChI=1S/C11H16N4O4S/c1-15-10(18)6-8(14-11(15)20-2)13-9-5(12-6)7(17)4(16)3-19-9/h4-5,7,9,12-13,16-17H,3H2,1-2H3/t4-,5+,7-,9?/m1/s1. The highest BCUT2D eigenvalue weighted by Crippen LogP contribution is 2.29. The molecule has 9 heteroatoms. The van der Waals surface area contributed by atoms with Gasteiger partial charge >= 0.3 is 0 Å². The highest BCUT2D eigenvalue weighted by atomic mass is 32.2. The van der Waals surface area contributed by atoms with Crippen LogP contribution in [0.2, 0.25) is 0 Å². The lowest BCUT2D eigenvalue weighted by Gasteiger charge is -2.42. The molecule has 20 heavy (non-hydrogen) atoms. The van der Waals surface area contributed by atoms with Crippen LogP contribution in [0.25, 0.3) is 0 Å². The van der Waals surface area contributed by atoms with E-state index >= 15 is 0 Å². The van der Waals surface area contributed by atoms with Crippen molar-refractivity contribution >= 4 is 23.3 Å². The molecule has 1 unspecified atom stereocenters. The van der Waals surface area contributed by atoms with Crippen LogP contribution in [0, 0.1) is 0 Å². The number of ether oxygens (including phenoxy) is 1. The molecule has 0 aromatic carbocycles. The Morgan fingerprint density at radius 2 is 2.20 bits per heavy atom. The number of aromatic nitrogens is 2. The van der Waals surface area contributed by atoms with Crippen molar-refractivity contribution in [3.63, 3.8) is 0 Å². The monoisotopic (exact) mass is 300 g/mol. The zero-order valence-electron chi connectivity index (χ0n) is 11.0. The lowest BCUT2D eigenvalue weighted by molar-refractivity contribution is -0.121. The molecule has 2 aliphatic heterocycles. The number of anilines is 2. The summed E-state index contributed by atoms with van der Waals surface area (Å²) >= 11 is 1.37. The number of aliphatic hydroxyl groups excluding tert-OH is 2. The number of thioether (sulfide) groups is 1. The first kappa shape index (κ1) is 13.7. The third-order valence-electron chi connectivity index (χ3n) is 3.56. The van der Waals surface area contributed by atoms with E-state index in [9.17, 15) is 15.0 Å². The van der Waals surface area contributed by atoms with Gasteiger partial charge in [-0.2, -0.15) is 0 Å². The summed E-state index contributed by atoms with van der Waals surface area (Å²) in [6, 6.07) is -0.596. The van der Waals surface area contributed by atoms with Crippen LogP contribution in [-0.2, 0) is 11.8 Å². The molecule has 1 fully saturated rings. The third kappa shape index (κ3) is 1.97. The van der Waals surface area contributed by atoms with Gasteiger partial charge in [0.15, 0.2) is 17.2 Å². The molecule has 0 aliphatic carbocycles. The van der Waals surface area contributed by atoms with E-state index in [-0.39, 0.29) is 17.9 Å². The van der Waals surface area contributed by atoms with Crippen molar-refractivity contribution in [3.8, 4) is 0 Å². The van der Waals surface area contributed by atoms with Crippen LogP contribution in [0.4, 0.5) is 11.5 Å². The molecule has 0 spiro atoms. The Labute approximate surface area is 119 Å². The molecule has 1 saturated heterocycles. The Balaban J connectivity index is 2.03. The summed E-state index contributed by atoms with van der Waals surface area (Å²) in [4.78, 5) is 16.6. The van der Waals surface area contributed by atoms with Crippen LogP contribution in [0.1, 0.15) is 0 Å². The first-order chi connectivity index (χ1) is 9.52. The van der Waals surface area contributed by atoms with Crippen molar-refractivity contribution < 1.29 is 14.9 Å². The van der Waals surface area contributed by atoms with E-state index in [1.807, 2.05) is 6.26 Å². The SMILES string of the molecule is CSc1nc2c(c(=O)n1C)N[C@@H]1C(N2)OC[C@@H](O)[C@H]1O. The lowest BCUT2D eigenvalue weighted by Crippen LogP contribution is -2.61. The van der Waals surface area contributed by atoms with E-state index in [2.05, 4.69) is 15.6 Å². The summed E-state index contributed by atoms with van der Waals surface area (Å²) in [5.41, 5.74) is 0.0425. The molecule has 4 N–H and O–H groups in total. The number of nitrogens with one attached hydrogen (secondary N) is 2. The molecule has 1 aromatic heterocycles. The van der Waals surface area contributed by atoms with Gasteiger partial charge in [0.25, 0.3) is 5.56 Å². The average Bonchev–Trinajstić information content (AvgIpc) is 2.46. The smallest absolute Gasteiger partial charge is 0.279 e. The molecular formula is C11H16N4O4S. The average molecular weight is 300 g/mol. The molecule has 110 valence electrons. The van der Waals surface area contributed by atoms with Gasteiger partial charge in [-0.3, -0.25) is 9.36 Å². The van der Waals surface area contributed by atoms with E-state index in [1.54, 1.807) is 7.05 Å². The van der Waals surface area contributed by atoms with Gasteiger partial charge in [0.1, 0.15) is 17.9 Å². The minimum absolute atomic E-state index is 0.0343. The Hall–Kier alpha value is -1.29. The van der Waals surface area contributed by atoms with Crippen molar-refractivity contribution in [2.45, 2.75) is 29.6 Å². The van der Waals surface area contributed by atoms with Crippen LogP contribution >= 0.6 is 11.8 Å². The Morgan fingerprint density at radius 1 is 1.45 bits per heavy atom. The summed E-state index contributed by atoms with van der Waals surface area (Å²) in [7, 11) is 1.64. The van der Waals surface area contributed by atoms with Crippen molar-refractivity contribution in [3.05, 3.63) is 10.4 Å². The molecule has 0 bridgehead atoms. The topological polar surface area (TPSA) is 109 Å². The van der Waals surface area contributed by atoms with Gasteiger partial charge in [0.2, 0.25) is 0 Å². The molecule has 1 aromatic rings. The summed E-state index contributed by atoms with van der Waals surface area (Å²) < 4.78 is 6.86. The van der Waals surface area contributed by atoms with Crippen LogP contribution < -0.4 is 16.2 Å². The van der Waals surface area contributed by atoms with Crippen molar-refractivity contribution in [1.82, 2.24) is 9.55 Å². The van der Waals surface area contributed by atoms with Gasteiger partial charge in [-0.05, 0) is 6.26 Å². The van der Waals surface area contributed by atoms with Gasteiger partial charge < -0.3 is 25.6 Å². The van der Waals surface area contributed by atoms with Gasteiger partial charge in [0.05, 0.1) is 12.6 Å². The van der Waals surface area contributed by atoms with Gasteiger partial charge in [-0.15, -0.1) is 0 Å². The molecule has 0 amide bonds. The first-order valence-corrected chi connectivity index (χ1v) is 7.41. The quantitative estimate of drug-likeness (QED) is 0.378. The van der Waals surface area contributed by atoms with E-state index in [0.29, 0.717) is 11.0 Å². The number of aliphatic hydroxyl groups is 2. The van der Waals surface area contributed by atoms with E-state index in [0.717, 1.165) is 0 Å². The van der Waals surface area contributed by atoms with Crippen molar-refractivity contribution in [2.24, 2.45) is 7.05 Å². The minimum atomic E-state index is -1.01. The highest BCUT2D eigenvalue weighted by molar-refractivity contribution is 7.98. The highest BCUT2D eigenvalue weighted by Gasteiger charge is 2.42. The first-order valence-electron chi connectivity index (χ1n) is 6.18. The predicted octanol–water partition coefficient (Wildman–Crippen LogP) is -1.21. The fourth-order valence-electron chi connectivity index (χ4n) is 2.42. The summed E-state index contributed by atoms with van der Waals surface area (Å²) in [5, 5.41) is 26.1. The molecule has 2 aliphatic rings. The summed E-state index contributed by atoms with van der Waals surface area (Å²) in [6.45, 7) is 0.0343. The maximum absolute atomic E-state index is 12.3. The number of hydrogen-bond acceptors (Lipinski definition) is 8. The number of rotatable bonds is 1. The minimum Gasteiger partial charge on any atom is -0.388 e. The molecular weight excluding hydrogens is 284 g/mol. The van der Waals surface area contributed by atoms with E-state index < -0.39 is 24.5 Å². The number of hydrogen-bond donors (Lipinski definition) is 4. The molecule has 4 atom stereocenters. The molecule has 0 radical (unpaired) electrons. The van der Waals surface area contributed by atoms with Crippen LogP contribution in [-0.4, -0.2) is 57.1 Å². The third-order valence-corrected chi connectivity index (χ3v) is 4.29. The van der Waals surface area contributed by atoms with Crippen LogP contribution in [0.5, 0.6) is 0 Å². The molecule has 3 rings (SSSR count). The Morgan fingerprint density at radius 3 is 2.90 bits per heavy atom. The zero-order valence-corrected chi connectivity index (χ0v) is 11.8. The largest absolute Gasteiger partial charge is 0.388 e.